The number of primary amides is 1. The van der Waals surface area contributed by atoms with E-state index in [1.165, 1.54) is 36.0 Å². The Morgan fingerprint density at radius 3 is 1.98 bits per heavy atom. The number of phenols is 1. The Hall–Kier alpha value is -4.05. The van der Waals surface area contributed by atoms with Gasteiger partial charge in [-0.2, -0.15) is 11.8 Å². The number of carbonyl (C=O) groups excluding carboxylic acids is 4. The number of carboxylic acids is 1. The van der Waals surface area contributed by atoms with Crippen molar-refractivity contribution in [3.8, 4) is 5.75 Å². The van der Waals surface area contributed by atoms with Gasteiger partial charge in [-0.1, -0.05) is 12.1 Å². The van der Waals surface area contributed by atoms with Crippen molar-refractivity contribution in [1.29, 1.82) is 0 Å². The maximum absolute atomic E-state index is 13.2. The second kappa shape index (κ2) is 18.3. The second-order valence-electron chi connectivity index (χ2n) is 9.23. The molecule has 1 aromatic carbocycles. The minimum atomic E-state index is -1.37. The molecular weight excluding hydrogens is 556 g/mol. The van der Waals surface area contributed by atoms with Gasteiger partial charge in [-0.3, -0.25) is 24.2 Å². The molecule has 0 bridgehead atoms. The number of aliphatic imine (C=N–C) groups is 1. The fraction of sp³-hybridized carbons (Fsp3) is 0.520. The third-order valence-corrected chi connectivity index (χ3v) is 6.50. The van der Waals surface area contributed by atoms with Gasteiger partial charge in [0.15, 0.2) is 5.96 Å². The number of nitrogens with zero attached hydrogens (tertiary/aromatic N) is 1. The molecule has 0 aromatic heterocycles. The van der Waals surface area contributed by atoms with Gasteiger partial charge in [0.25, 0.3) is 0 Å². The Bertz CT molecular complexity index is 1070. The van der Waals surface area contributed by atoms with E-state index in [0.717, 1.165) is 0 Å². The summed E-state index contributed by atoms with van der Waals surface area (Å²) >= 11 is 1.43. The monoisotopic (exact) mass is 596 g/mol. The maximum atomic E-state index is 13.2. The minimum Gasteiger partial charge on any atom is -0.508 e. The first-order valence-corrected chi connectivity index (χ1v) is 14.2. The zero-order valence-electron chi connectivity index (χ0n) is 22.9. The SMILES string of the molecule is CSCCC(NC(=O)C(N)CCCN=C(N)N)C(=O)NC(CCC(N)=O)C(=O)NC(Cc1ccc(O)cc1)C(=O)O. The first-order valence-electron chi connectivity index (χ1n) is 12.8. The number of nitrogens with two attached hydrogens (primary N) is 4. The molecule has 1 aromatic rings. The number of thioether (sulfide) groups is 1. The summed E-state index contributed by atoms with van der Waals surface area (Å²) in [6.45, 7) is 0.278. The van der Waals surface area contributed by atoms with Gasteiger partial charge in [-0.25, -0.2) is 4.79 Å². The van der Waals surface area contributed by atoms with Gasteiger partial charge in [0.05, 0.1) is 6.04 Å². The molecule has 0 spiro atoms. The number of guanidine groups is 1. The highest BCUT2D eigenvalue weighted by Gasteiger charge is 2.30. The number of nitrogens with one attached hydrogen (secondary N) is 3. The van der Waals surface area contributed by atoms with Gasteiger partial charge in [0, 0.05) is 19.4 Å². The number of carboxylic acid groups (broad SMARTS) is 1. The highest BCUT2D eigenvalue weighted by atomic mass is 32.2. The van der Waals surface area contributed by atoms with Crippen LogP contribution in [0.3, 0.4) is 0 Å². The van der Waals surface area contributed by atoms with Crippen LogP contribution in [0.2, 0.25) is 0 Å². The molecule has 0 aliphatic carbocycles. The van der Waals surface area contributed by atoms with Crippen LogP contribution in [-0.4, -0.2) is 88.5 Å². The predicted molar refractivity (Wildman–Crippen MR) is 155 cm³/mol. The van der Waals surface area contributed by atoms with Gasteiger partial charge >= 0.3 is 5.97 Å². The summed E-state index contributed by atoms with van der Waals surface area (Å²) < 4.78 is 0. The number of carbonyl (C=O) groups is 5. The lowest BCUT2D eigenvalue weighted by atomic mass is 10.0. The molecule has 0 aliphatic heterocycles. The summed E-state index contributed by atoms with van der Waals surface area (Å²) in [4.78, 5) is 66.0. The minimum absolute atomic E-state index is 0.00564. The molecule has 0 saturated heterocycles. The van der Waals surface area contributed by atoms with Crippen LogP contribution in [0.5, 0.6) is 5.75 Å². The number of hydrogen-bond donors (Lipinski definition) is 9. The summed E-state index contributed by atoms with van der Waals surface area (Å²) in [7, 11) is 0. The van der Waals surface area contributed by atoms with Crippen molar-refractivity contribution in [3.63, 3.8) is 0 Å². The van der Waals surface area contributed by atoms with Crippen molar-refractivity contribution >= 4 is 47.3 Å². The quantitative estimate of drug-likeness (QED) is 0.0472. The largest absolute Gasteiger partial charge is 0.508 e. The Kier molecular flexibility index (Phi) is 15.6. The Balaban J connectivity index is 2.98. The van der Waals surface area contributed by atoms with E-state index in [1.54, 1.807) is 0 Å². The van der Waals surface area contributed by atoms with Crippen molar-refractivity contribution in [1.82, 2.24) is 16.0 Å². The summed E-state index contributed by atoms with van der Waals surface area (Å²) in [6.07, 6.45) is 2.13. The van der Waals surface area contributed by atoms with E-state index in [0.29, 0.717) is 17.7 Å². The van der Waals surface area contributed by atoms with E-state index in [4.69, 9.17) is 22.9 Å². The van der Waals surface area contributed by atoms with Crippen molar-refractivity contribution in [2.45, 2.75) is 62.7 Å². The summed E-state index contributed by atoms with van der Waals surface area (Å²) in [5.41, 5.74) is 22.3. The number of phenolic OH excluding ortho intramolecular Hbond substituents is 1. The average molecular weight is 597 g/mol. The summed E-state index contributed by atoms with van der Waals surface area (Å²) in [6, 6.07) is 1.08. The Morgan fingerprint density at radius 1 is 0.878 bits per heavy atom. The number of amides is 4. The smallest absolute Gasteiger partial charge is 0.326 e. The lowest BCUT2D eigenvalue weighted by molar-refractivity contribution is -0.142. The summed E-state index contributed by atoms with van der Waals surface area (Å²) in [5.74, 6) is -3.80. The third kappa shape index (κ3) is 14.2. The normalized spacial score (nSPS) is 13.6. The molecule has 4 unspecified atom stereocenters. The second-order valence-corrected chi connectivity index (χ2v) is 10.2. The van der Waals surface area contributed by atoms with Crippen LogP contribution in [0.15, 0.2) is 29.3 Å². The molecule has 16 heteroatoms. The summed E-state index contributed by atoms with van der Waals surface area (Å²) in [5, 5.41) is 26.6. The van der Waals surface area contributed by atoms with E-state index in [9.17, 15) is 34.2 Å². The van der Waals surface area contributed by atoms with Crippen LogP contribution in [0, 0.1) is 0 Å². The molecule has 1 rings (SSSR count). The molecule has 13 N–H and O–H groups in total. The van der Waals surface area contributed by atoms with E-state index in [1.807, 2.05) is 6.26 Å². The van der Waals surface area contributed by atoms with Crippen LogP contribution in [0.1, 0.15) is 37.7 Å². The highest BCUT2D eigenvalue weighted by Crippen LogP contribution is 2.12. The van der Waals surface area contributed by atoms with Crippen molar-refractivity contribution in [3.05, 3.63) is 29.8 Å². The van der Waals surface area contributed by atoms with Crippen LogP contribution < -0.4 is 38.9 Å². The van der Waals surface area contributed by atoms with Gasteiger partial charge in [0.2, 0.25) is 23.6 Å². The van der Waals surface area contributed by atoms with Crippen LogP contribution in [0.4, 0.5) is 0 Å². The lowest BCUT2D eigenvalue weighted by Crippen LogP contribution is -2.57. The topological polar surface area (TPSA) is 278 Å². The van der Waals surface area contributed by atoms with E-state index in [-0.39, 0.29) is 50.4 Å². The maximum Gasteiger partial charge on any atom is 0.326 e. The van der Waals surface area contributed by atoms with Crippen LogP contribution in [0.25, 0.3) is 0 Å². The Labute approximate surface area is 242 Å². The Morgan fingerprint density at radius 2 is 1.44 bits per heavy atom. The van der Waals surface area contributed by atoms with Crippen molar-refractivity contribution in [2.75, 3.05) is 18.6 Å². The number of aromatic hydroxyl groups is 1. The van der Waals surface area contributed by atoms with Gasteiger partial charge in [-0.15, -0.1) is 0 Å². The van der Waals surface area contributed by atoms with Crippen LogP contribution >= 0.6 is 11.8 Å². The van der Waals surface area contributed by atoms with Crippen LogP contribution in [-0.2, 0) is 30.4 Å². The number of rotatable bonds is 19. The number of hydrogen-bond acceptors (Lipinski definition) is 9. The molecule has 4 atom stereocenters. The fourth-order valence-electron chi connectivity index (χ4n) is 3.60. The fourth-order valence-corrected chi connectivity index (χ4v) is 4.07. The van der Waals surface area contributed by atoms with Gasteiger partial charge in [0.1, 0.15) is 23.9 Å². The molecule has 228 valence electrons. The lowest BCUT2D eigenvalue weighted by Gasteiger charge is -2.25. The predicted octanol–water partition coefficient (Wildman–Crippen LogP) is -2.13. The van der Waals surface area contributed by atoms with Crippen molar-refractivity contribution < 1.29 is 34.2 Å². The third-order valence-electron chi connectivity index (χ3n) is 5.85. The van der Waals surface area contributed by atoms with E-state index >= 15 is 0 Å². The molecule has 0 heterocycles. The van der Waals surface area contributed by atoms with Gasteiger partial charge < -0.3 is 49.1 Å². The molecular formula is C25H40N8O7S. The zero-order valence-corrected chi connectivity index (χ0v) is 23.7. The van der Waals surface area contributed by atoms with Crippen molar-refractivity contribution in [2.24, 2.45) is 27.9 Å². The molecule has 41 heavy (non-hydrogen) atoms. The van der Waals surface area contributed by atoms with E-state index < -0.39 is 53.8 Å². The molecule has 0 fully saturated rings. The molecule has 0 radical (unpaired) electrons. The van der Waals surface area contributed by atoms with E-state index in [2.05, 4.69) is 20.9 Å². The average Bonchev–Trinajstić information content (AvgIpc) is 2.91. The standard InChI is InChI=1S/C25H40N8O7S/c1-41-12-10-18(31-21(36)16(26)3-2-11-30-25(28)29)23(38)32-17(8-9-20(27)35)22(37)33-19(24(39)40)13-14-4-6-15(34)7-5-14/h4-7,16-19,34H,2-3,8-13,26H2,1H3,(H2,27,35)(H,31,36)(H,32,38)(H,33,37)(H,39,40)(H4,28,29,30). The van der Waals surface area contributed by atoms with Gasteiger partial charge in [-0.05, 0) is 55.4 Å². The molecule has 4 amide bonds. The molecule has 0 aliphatic rings. The first-order chi connectivity index (χ1) is 19.3. The first kappa shape index (κ1) is 35.0. The zero-order chi connectivity index (χ0) is 30.9. The highest BCUT2D eigenvalue weighted by molar-refractivity contribution is 7.98. The number of aliphatic carboxylic acids is 1. The number of benzene rings is 1. The molecule has 0 saturated carbocycles. The molecule has 15 nitrogen and oxygen atoms in total.